The number of nitrogens with two attached hydrogens (primary N) is 1. The van der Waals surface area contributed by atoms with Gasteiger partial charge < -0.3 is 10.3 Å². The molecule has 0 aromatic carbocycles. The first-order valence-electron chi connectivity index (χ1n) is 7.37. The lowest BCUT2D eigenvalue weighted by Gasteiger charge is -2.30. The molecule has 2 N–H and O–H groups in total. The molecule has 0 amide bonds. The van der Waals surface area contributed by atoms with Crippen molar-refractivity contribution in [3.05, 3.63) is 33.2 Å². The fourth-order valence-corrected chi connectivity index (χ4v) is 3.07. The van der Waals surface area contributed by atoms with Crippen LogP contribution >= 0.6 is 0 Å². The van der Waals surface area contributed by atoms with Crippen LogP contribution in [-0.2, 0) is 13.0 Å². The van der Waals surface area contributed by atoms with Crippen molar-refractivity contribution in [2.75, 3.05) is 13.1 Å². The third kappa shape index (κ3) is 2.23. The van der Waals surface area contributed by atoms with Crippen LogP contribution in [-0.4, -0.2) is 22.6 Å². The highest BCUT2D eigenvalue weighted by atomic mass is 16.1. The van der Waals surface area contributed by atoms with Gasteiger partial charge in [-0.05, 0) is 37.9 Å². The van der Waals surface area contributed by atoms with Gasteiger partial charge in [0.2, 0.25) is 0 Å². The summed E-state index contributed by atoms with van der Waals surface area (Å²) in [6.07, 6.45) is 3.28. The summed E-state index contributed by atoms with van der Waals surface area (Å²) in [4.78, 5) is 15.0. The van der Waals surface area contributed by atoms with Gasteiger partial charge in [-0.1, -0.05) is 6.92 Å². The molecule has 3 rings (SSSR count). The number of hydrogen-bond acceptors (Lipinski definition) is 3. The molecule has 2 heterocycles. The Morgan fingerprint density at radius 2 is 2.21 bits per heavy atom. The number of aromatic nitrogens is 1. The summed E-state index contributed by atoms with van der Waals surface area (Å²) in [6.45, 7) is 7.18. The maximum absolute atomic E-state index is 12.6. The van der Waals surface area contributed by atoms with E-state index in [1.807, 2.05) is 6.92 Å². The van der Waals surface area contributed by atoms with E-state index in [0.29, 0.717) is 6.04 Å². The second-order valence-electron chi connectivity index (χ2n) is 5.89. The Bertz CT molecular complexity index is 543. The second-order valence-corrected chi connectivity index (χ2v) is 5.89. The third-order valence-electron chi connectivity index (χ3n) is 4.37. The summed E-state index contributed by atoms with van der Waals surface area (Å²) >= 11 is 0. The van der Waals surface area contributed by atoms with Crippen LogP contribution < -0.4 is 11.3 Å². The summed E-state index contributed by atoms with van der Waals surface area (Å²) in [5.74, 6) is 0. The Labute approximate surface area is 114 Å². The SMILES string of the molecule is CCN1CCc2c(cc(C(C)N)c(=O)n2C2CC2)C1. The number of nitrogens with zero attached hydrogens (tertiary/aromatic N) is 2. The normalized spacial score (nSPS) is 21.2. The molecule has 1 unspecified atom stereocenters. The average molecular weight is 261 g/mol. The second kappa shape index (κ2) is 4.76. The van der Waals surface area contributed by atoms with E-state index in [2.05, 4.69) is 22.5 Å². The Balaban J connectivity index is 2.13. The fraction of sp³-hybridized carbons (Fsp3) is 0.667. The van der Waals surface area contributed by atoms with Crippen LogP contribution in [0.3, 0.4) is 0 Å². The molecule has 1 fully saturated rings. The Kier molecular flexibility index (Phi) is 3.23. The Hall–Kier alpha value is -1.13. The lowest BCUT2D eigenvalue weighted by atomic mass is 10.00. The van der Waals surface area contributed by atoms with Gasteiger partial charge in [0, 0.05) is 42.9 Å². The third-order valence-corrected chi connectivity index (χ3v) is 4.37. The van der Waals surface area contributed by atoms with Crippen molar-refractivity contribution >= 4 is 0 Å². The standard InChI is InChI=1S/C15H23N3O/c1-3-17-7-6-14-11(9-17)8-13(10(2)16)15(19)18(14)12-4-5-12/h8,10,12H,3-7,9,16H2,1-2H3. The minimum atomic E-state index is -0.181. The van der Waals surface area contributed by atoms with E-state index < -0.39 is 0 Å². The predicted molar refractivity (Wildman–Crippen MR) is 76.2 cm³/mol. The molecular formula is C15H23N3O. The molecule has 104 valence electrons. The molecule has 2 aliphatic rings. The van der Waals surface area contributed by atoms with Gasteiger partial charge in [-0.25, -0.2) is 0 Å². The van der Waals surface area contributed by atoms with E-state index >= 15 is 0 Å². The topological polar surface area (TPSA) is 51.3 Å². The van der Waals surface area contributed by atoms with Crippen LogP contribution in [0.4, 0.5) is 0 Å². The molecular weight excluding hydrogens is 238 g/mol. The van der Waals surface area contributed by atoms with Crippen LogP contribution in [0.15, 0.2) is 10.9 Å². The van der Waals surface area contributed by atoms with Crippen molar-refractivity contribution in [3.63, 3.8) is 0 Å². The minimum absolute atomic E-state index is 0.154. The zero-order chi connectivity index (χ0) is 13.6. The highest BCUT2D eigenvalue weighted by Crippen LogP contribution is 2.36. The molecule has 0 bridgehead atoms. The maximum atomic E-state index is 12.6. The van der Waals surface area contributed by atoms with Crippen LogP contribution in [0.25, 0.3) is 0 Å². The smallest absolute Gasteiger partial charge is 0.255 e. The maximum Gasteiger partial charge on any atom is 0.255 e. The largest absolute Gasteiger partial charge is 0.324 e. The molecule has 4 heteroatoms. The molecule has 1 atom stereocenters. The first kappa shape index (κ1) is 12.9. The summed E-state index contributed by atoms with van der Waals surface area (Å²) in [6, 6.07) is 2.32. The first-order chi connectivity index (χ1) is 9.11. The number of hydrogen-bond donors (Lipinski definition) is 1. The van der Waals surface area contributed by atoms with Gasteiger partial charge in [-0.15, -0.1) is 0 Å². The van der Waals surface area contributed by atoms with Gasteiger partial charge in [0.25, 0.3) is 5.56 Å². The molecule has 4 nitrogen and oxygen atoms in total. The minimum Gasteiger partial charge on any atom is -0.324 e. The fourth-order valence-electron chi connectivity index (χ4n) is 3.07. The number of rotatable bonds is 3. The van der Waals surface area contributed by atoms with E-state index in [-0.39, 0.29) is 11.6 Å². The highest BCUT2D eigenvalue weighted by Gasteiger charge is 2.31. The van der Waals surface area contributed by atoms with Gasteiger partial charge in [0.05, 0.1) is 0 Å². The van der Waals surface area contributed by atoms with Crippen molar-refractivity contribution in [2.45, 2.75) is 51.7 Å². The van der Waals surface area contributed by atoms with Crippen LogP contribution in [0.2, 0.25) is 0 Å². The van der Waals surface area contributed by atoms with Gasteiger partial charge in [-0.3, -0.25) is 9.69 Å². The zero-order valence-corrected chi connectivity index (χ0v) is 11.9. The molecule has 1 aliphatic carbocycles. The molecule has 19 heavy (non-hydrogen) atoms. The average Bonchev–Trinajstić information content (AvgIpc) is 3.21. The summed E-state index contributed by atoms with van der Waals surface area (Å²) in [7, 11) is 0. The number of fused-ring (bicyclic) bond motifs is 1. The van der Waals surface area contributed by atoms with Gasteiger partial charge in [0.15, 0.2) is 0 Å². The Morgan fingerprint density at radius 3 is 2.79 bits per heavy atom. The van der Waals surface area contributed by atoms with Crippen molar-refractivity contribution in [1.29, 1.82) is 0 Å². The summed E-state index contributed by atoms with van der Waals surface area (Å²) < 4.78 is 2.06. The molecule has 1 aromatic heterocycles. The lowest BCUT2D eigenvalue weighted by molar-refractivity contribution is 0.261. The van der Waals surface area contributed by atoms with E-state index in [0.717, 1.165) is 44.5 Å². The van der Waals surface area contributed by atoms with Gasteiger partial charge in [-0.2, -0.15) is 0 Å². The zero-order valence-electron chi connectivity index (χ0n) is 11.9. The van der Waals surface area contributed by atoms with Crippen molar-refractivity contribution in [1.82, 2.24) is 9.47 Å². The Morgan fingerprint density at radius 1 is 1.47 bits per heavy atom. The number of pyridine rings is 1. The van der Waals surface area contributed by atoms with E-state index in [4.69, 9.17) is 5.73 Å². The predicted octanol–water partition coefficient (Wildman–Crippen LogP) is 1.58. The van der Waals surface area contributed by atoms with E-state index in [9.17, 15) is 4.79 Å². The molecule has 0 saturated heterocycles. The van der Waals surface area contributed by atoms with E-state index in [1.54, 1.807) is 0 Å². The highest BCUT2D eigenvalue weighted by molar-refractivity contribution is 5.31. The van der Waals surface area contributed by atoms with Crippen LogP contribution in [0.1, 0.15) is 55.6 Å². The lowest BCUT2D eigenvalue weighted by Crippen LogP contribution is -2.37. The van der Waals surface area contributed by atoms with Crippen LogP contribution in [0.5, 0.6) is 0 Å². The van der Waals surface area contributed by atoms with Gasteiger partial charge >= 0.3 is 0 Å². The van der Waals surface area contributed by atoms with Crippen molar-refractivity contribution < 1.29 is 0 Å². The molecule has 0 spiro atoms. The molecule has 0 radical (unpaired) electrons. The van der Waals surface area contributed by atoms with Crippen molar-refractivity contribution in [2.24, 2.45) is 5.73 Å². The molecule has 1 aromatic rings. The molecule has 1 aliphatic heterocycles. The van der Waals surface area contributed by atoms with Crippen molar-refractivity contribution in [3.8, 4) is 0 Å². The van der Waals surface area contributed by atoms with Crippen LogP contribution in [0, 0.1) is 0 Å². The quantitative estimate of drug-likeness (QED) is 0.899. The number of likely N-dealkylation sites (N-methyl/N-ethyl adjacent to an activating group) is 1. The van der Waals surface area contributed by atoms with Gasteiger partial charge in [0.1, 0.15) is 0 Å². The summed E-state index contributed by atoms with van der Waals surface area (Å²) in [5, 5.41) is 0. The van der Waals surface area contributed by atoms with E-state index in [1.165, 1.54) is 11.3 Å². The summed E-state index contributed by atoms with van der Waals surface area (Å²) in [5.41, 5.74) is 9.49. The monoisotopic (exact) mass is 261 g/mol. The molecule has 1 saturated carbocycles. The first-order valence-corrected chi connectivity index (χ1v) is 7.37.